The number of aromatic nitrogens is 4. The molecule has 0 aliphatic carbocycles. The molecule has 3 aromatic rings. The highest BCUT2D eigenvalue weighted by atomic mass is 15.1. The van der Waals surface area contributed by atoms with Gasteiger partial charge in [-0.2, -0.15) is 0 Å². The molecule has 0 bridgehead atoms. The highest BCUT2D eigenvalue weighted by molar-refractivity contribution is 5.77. The lowest BCUT2D eigenvalue weighted by Crippen LogP contribution is -2.30. The van der Waals surface area contributed by atoms with Crippen LogP contribution in [0.25, 0.3) is 22.6 Å². The summed E-state index contributed by atoms with van der Waals surface area (Å²) >= 11 is 0. The van der Waals surface area contributed by atoms with Crippen LogP contribution in [-0.4, -0.2) is 32.6 Å². The Hall–Kier alpha value is -2.27. The summed E-state index contributed by atoms with van der Waals surface area (Å²) in [5.74, 6) is 1.68. The third-order valence-corrected chi connectivity index (χ3v) is 4.56. The number of hydrogen-bond acceptors (Lipinski definition) is 4. The number of hydrogen-bond donors (Lipinski definition) is 1. The Morgan fingerprint density at radius 3 is 2.78 bits per heavy atom. The molecule has 1 aliphatic rings. The molecule has 5 heteroatoms. The zero-order valence-electron chi connectivity index (χ0n) is 13.4. The van der Waals surface area contributed by atoms with E-state index in [1.807, 2.05) is 30.7 Å². The second kappa shape index (κ2) is 6.08. The van der Waals surface area contributed by atoms with Crippen LogP contribution in [0.15, 0.2) is 36.8 Å². The Kier molecular flexibility index (Phi) is 3.79. The standard InChI is InChI=1S/C18H21N5/c1-13-10-16-18(21-11-13)23(12-14-2-6-19-7-3-14)17(22-16)15-4-8-20-9-5-15/h4-5,8-11,14,19H,2-3,6-7,12H2,1H3. The van der Waals surface area contributed by atoms with Gasteiger partial charge in [0.05, 0.1) is 0 Å². The van der Waals surface area contributed by atoms with Crippen LogP contribution in [0.1, 0.15) is 18.4 Å². The molecule has 0 atom stereocenters. The summed E-state index contributed by atoms with van der Waals surface area (Å²) in [7, 11) is 0. The second-order valence-electron chi connectivity index (χ2n) is 6.33. The number of nitrogens with zero attached hydrogens (tertiary/aromatic N) is 4. The maximum absolute atomic E-state index is 4.87. The summed E-state index contributed by atoms with van der Waals surface area (Å²) in [6.07, 6.45) is 7.99. The average Bonchev–Trinajstić information content (AvgIpc) is 2.94. The Morgan fingerprint density at radius 1 is 1.22 bits per heavy atom. The predicted molar refractivity (Wildman–Crippen MR) is 91.1 cm³/mol. The molecule has 1 N–H and O–H groups in total. The quantitative estimate of drug-likeness (QED) is 0.808. The molecule has 1 fully saturated rings. The molecule has 1 saturated heterocycles. The molecule has 4 rings (SSSR count). The number of aryl methyl sites for hydroxylation is 1. The number of fused-ring (bicyclic) bond motifs is 1. The van der Waals surface area contributed by atoms with Crippen molar-refractivity contribution >= 4 is 11.2 Å². The van der Waals surface area contributed by atoms with Gasteiger partial charge in [0.15, 0.2) is 5.65 Å². The SMILES string of the molecule is Cc1cnc2c(c1)nc(-c1ccncc1)n2CC1CCNCC1. The van der Waals surface area contributed by atoms with E-state index in [4.69, 9.17) is 4.98 Å². The molecule has 0 saturated carbocycles. The monoisotopic (exact) mass is 307 g/mol. The van der Waals surface area contributed by atoms with Crippen molar-refractivity contribution in [3.8, 4) is 11.4 Å². The van der Waals surface area contributed by atoms with E-state index >= 15 is 0 Å². The van der Waals surface area contributed by atoms with Gasteiger partial charge in [0.2, 0.25) is 0 Å². The van der Waals surface area contributed by atoms with Crippen molar-refractivity contribution in [3.63, 3.8) is 0 Å². The van der Waals surface area contributed by atoms with Crippen LogP contribution < -0.4 is 5.32 Å². The van der Waals surface area contributed by atoms with Crippen LogP contribution in [0, 0.1) is 12.8 Å². The van der Waals surface area contributed by atoms with Crippen LogP contribution in [0.2, 0.25) is 0 Å². The highest BCUT2D eigenvalue weighted by Crippen LogP contribution is 2.26. The van der Waals surface area contributed by atoms with Gasteiger partial charge in [-0.15, -0.1) is 0 Å². The molecule has 0 amide bonds. The molecule has 0 aromatic carbocycles. The van der Waals surface area contributed by atoms with E-state index in [1.54, 1.807) is 0 Å². The van der Waals surface area contributed by atoms with Gasteiger partial charge in [0.25, 0.3) is 0 Å². The molecule has 5 nitrogen and oxygen atoms in total. The third kappa shape index (κ3) is 2.84. The number of piperidine rings is 1. The minimum Gasteiger partial charge on any atom is -0.317 e. The van der Waals surface area contributed by atoms with Crippen molar-refractivity contribution in [2.75, 3.05) is 13.1 Å². The summed E-state index contributed by atoms with van der Waals surface area (Å²) in [5, 5.41) is 3.44. The van der Waals surface area contributed by atoms with Crippen molar-refractivity contribution in [3.05, 3.63) is 42.4 Å². The van der Waals surface area contributed by atoms with Crippen molar-refractivity contribution in [1.82, 2.24) is 24.8 Å². The smallest absolute Gasteiger partial charge is 0.160 e. The van der Waals surface area contributed by atoms with Crippen molar-refractivity contribution in [2.24, 2.45) is 5.92 Å². The van der Waals surface area contributed by atoms with Crippen molar-refractivity contribution < 1.29 is 0 Å². The van der Waals surface area contributed by atoms with Gasteiger partial charge in [0.1, 0.15) is 11.3 Å². The van der Waals surface area contributed by atoms with Gasteiger partial charge in [-0.1, -0.05) is 0 Å². The van der Waals surface area contributed by atoms with E-state index in [0.717, 1.165) is 47.7 Å². The van der Waals surface area contributed by atoms with Gasteiger partial charge in [-0.25, -0.2) is 9.97 Å². The lowest BCUT2D eigenvalue weighted by molar-refractivity contribution is 0.337. The molecular weight excluding hydrogens is 286 g/mol. The van der Waals surface area contributed by atoms with Crippen LogP contribution in [0.5, 0.6) is 0 Å². The largest absolute Gasteiger partial charge is 0.317 e. The molecule has 3 aromatic heterocycles. The number of nitrogens with one attached hydrogen (secondary N) is 1. The molecule has 4 heterocycles. The first-order valence-corrected chi connectivity index (χ1v) is 8.25. The van der Waals surface area contributed by atoms with Crippen molar-refractivity contribution in [2.45, 2.75) is 26.3 Å². The van der Waals surface area contributed by atoms with Crippen molar-refractivity contribution in [1.29, 1.82) is 0 Å². The summed E-state index contributed by atoms with van der Waals surface area (Å²) < 4.78 is 2.29. The Morgan fingerprint density at radius 2 is 2.00 bits per heavy atom. The lowest BCUT2D eigenvalue weighted by atomic mass is 9.98. The van der Waals surface area contributed by atoms with Gasteiger partial charge in [-0.3, -0.25) is 4.98 Å². The van der Waals surface area contributed by atoms with Gasteiger partial charge in [-0.05, 0) is 62.5 Å². The Labute approximate surface area is 135 Å². The maximum atomic E-state index is 4.87. The van der Waals surface area contributed by atoms with Crippen LogP contribution in [0.3, 0.4) is 0 Å². The van der Waals surface area contributed by atoms with Crippen LogP contribution in [-0.2, 0) is 6.54 Å². The molecule has 118 valence electrons. The fourth-order valence-electron chi connectivity index (χ4n) is 3.33. The van der Waals surface area contributed by atoms with Crippen LogP contribution in [0.4, 0.5) is 0 Å². The number of pyridine rings is 2. The first kappa shape index (κ1) is 14.3. The van der Waals surface area contributed by atoms with E-state index in [-0.39, 0.29) is 0 Å². The summed E-state index contributed by atoms with van der Waals surface area (Å²) in [5.41, 5.74) is 4.21. The minimum absolute atomic E-state index is 0.678. The summed E-state index contributed by atoms with van der Waals surface area (Å²) in [6, 6.07) is 6.16. The normalized spacial score (nSPS) is 16.0. The van der Waals surface area contributed by atoms with E-state index in [1.165, 1.54) is 12.8 Å². The van der Waals surface area contributed by atoms with E-state index < -0.39 is 0 Å². The lowest BCUT2D eigenvalue weighted by Gasteiger charge is -2.23. The topological polar surface area (TPSA) is 55.6 Å². The third-order valence-electron chi connectivity index (χ3n) is 4.56. The second-order valence-corrected chi connectivity index (χ2v) is 6.33. The van der Waals surface area contributed by atoms with Gasteiger partial charge < -0.3 is 9.88 Å². The molecule has 1 aliphatic heterocycles. The van der Waals surface area contributed by atoms with E-state index in [9.17, 15) is 0 Å². The minimum atomic E-state index is 0.678. The zero-order chi connectivity index (χ0) is 15.6. The first-order valence-electron chi connectivity index (χ1n) is 8.25. The molecule has 23 heavy (non-hydrogen) atoms. The van der Waals surface area contributed by atoms with E-state index in [0.29, 0.717) is 5.92 Å². The van der Waals surface area contributed by atoms with Gasteiger partial charge >= 0.3 is 0 Å². The predicted octanol–water partition coefficient (Wildman–Crippen LogP) is 2.80. The first-order chi connectivity index (χ1) is 11.3. The van der Waals surface area contributed by atoms with Crippen LogP contribution >= 0.6 is 0 Å². The fourth-order valence-corrected chi connectivity index (χ4v) is 3.33. The number of imidazole rings is 1. The highest BCUT2D eigenvalue weighted by Gasteiger charge is 2.19. The fraction of sp³-hybridized carbons (Fsp3) is 0.389. The van der Waals surface area contributed by atoms with Gasteiger partial charge in [0, 0.05) is 30.7 Å². The Balaban J connectivity index is 1.81. The average molecular weight is 307 g/mol. The number of rotatable bonds is 3. The maximum Gasteiger partial charge on any atom is 0.160 e. The summed E-state index contributed by atoms with van der Waals surface area (Å²) in [4.78, 5) is 13.7. The zero-order valence-corrected chi connectivity index (χ0v) is 13.4. The van der Waals surface area contributed by atoms with E-state index in [2.05, 4.69) is 32.8 Å². The molecule has 0 unspecified atom stereocenters. The molecular formula is C18H21N5. The molecule has 0 spiro atoms. The Bertz CT molecular complexity index is 803. The molecule has 0 radical (unpaired) electrons. The summed E-state index contributed by atoms with van der Waals surface area (Å²) in [6.45, 7) is 5.25.